The second kappa shape index (κ2) is 5.83. The number of ether oxygens (including phenoxy) is 1. The number of hydrogen-bond donors (Lipinski definition) is 2. The molecule has 0 radical (unpaired) electrons. The average molecular weight is 288 g/mol. The highest BCUT2D eigenvalue weighted by atomic mass is 19.1. The molecule has 0 unspecified atom stereocenters. The van der Waals surface area contributed by atoms with E-state index < -0.39 is 5.82 Å². The van der Waals surface area contributed by atoms with E-state index in [1.807, 2.05) is 19.9 Å². The van der Waals surface area contributed by atoms with Crippen LogP contribution < -0.4 is 15.8 Å². The topological polar surface area (TPSA) is 64.3 Å². The predicted octanol–water partition coefficient (Wildman–Crippen LogP) is 3.29. The van der Waals surface area contributed by atoms with Crippen LogP contribution in [0.1, 0.15) is 21.5 Å². The summed E-state index contributed by atoms with van der Waals surface area (Å²) in [4.78, 5) is 12.2. The van der Waals surface area contributed by atoms with Crippen LogP contribution in [0.15, 0.2) is 30.3 Å². The minimum Gasteiger partial charge on any atom is -0.494 e. The lowest BCUT2D eigenvalue weighted by Crippen LogP contribution is -2.13. The molecule has 0 heterocycles. The van der Waals surface area contributed by atoms with Crippen LogP contribution in [0.3, 0.4) is 0 Å². The van der Waals surface area contributed by atoms with E-state index in [0.717, 1.165) is 11.1 Å². The van der Waals surface area contributed by atoms with Gasteiger partial charge in [0.1, 0.15) is 0 Å². The van der Waals surface area contributed by atoms with Crippen molar-refractivity contribution in [1.82, 2.24) is 0 Å². The van der Waals surface area contributed by atoms with Crippen molar-refractivity contribution in [2.75, 3.05) is 18.2 Å². The predicted molar refractivity (Wildman–Crippen MR) is 81.2 cm³/mol. The lowest BCUT2D eigenvalue weighted by Gasteiger charge is -2.12. The highest BCUT2D eigenvalue weighted by Gasteiger charge is 2.12. The second-order valence-electron chi connectivity index (χ2n) is 4.83. The Hall–Kier alpha value is -2.56. The van der Waals surface area contributed by atoms with Gasteiger partial charge in [0.2, 0.25) is 0 Å². The highest BCUT2D eigenvalue weighted by molar-refractivity contribution is 6.05. The van der Waals surface area contributed by atoms with Gasteiger partial charge >= 0.3 is 0 Å². The molecule has 2 aromatic carbocycles. The molecular formula is C16H17FN2O2. The Morgan fingerprint density at radius 3 is 2.57 bits per heavy atom. The lowest BCUT2D eigenvalue weighted by molar-refractivity contribution is 0.102. The maximum atomic E-state index is 13.4. The molecule has 0 saturated heterocycles. The maximum Gasteiger partial charge on any atom is 0.255 e. The summed E-state index contributed by atoms with van der Waals surface area (Å²) in [6.45, 7) is 3.72. The maximum absolute atomic E-state index is 13.4. The first-order valence-corrected chi connectivity index (χ1v) is 6.44. The van der Waals surface area contributed by atoms with E-state index >= 15 is 0 Å². The molecule has 0 bridgehead atoms. The molecule has 0 saturated carbocycles. The normalized spacial score (nSPS) is 10.3. The minimum atomic E-state index is -0.506. The zero-order chi connectivity index (χ0) is 15.6. The Labute approximate surface area is 122 Å². The molecule has 0 aromatic heterocycles. The van der Waals surface area contributed by atoms with Gasteiger partial charge in [-0.25, -0.2) is 4.39 Å². The molecule has 0 atom stereocenters. The summed E-state index contributed by atoms with van der Waals surface area (Å²) < 4.78 is 18.2. The number of nitrogens with one attached hydrogen (secondary N) is 1. The van der Waals surface area contributed by atoms with Crippen LogP contribution in [0.5, 0.6) is 5.75 Å². The van der Waals surface area contributed by atoms with Crippen molar-refractivity contribution >= 4 is 17.3 Å². The van der Waals surface area contributed by atoms with Gasteiger partial charge in [-0.2, -0.15) is 0 Å². The van der Waals surface area contributed by atoms with Crippen LogP contribution in [0.2, 0.25) is 0 Å². The van der Waals surface area contributed by atoms with E-state index in [0.29, 0.717) is 16.9 Å². The zero-order valence-electron chi connectivity index (χ0n) is 12.2. The molecular weight excluding hydrogens is 271 g/mol. The number of carbonyl (C=O) groups excluding carboxylic acids is 1. The van der Waals surface area contributed by atoms with E-state index in [9.17, 15) is 9.18 Å². The standard InChI is InChI=1S/C16H17FN2O2/c1-9-7-14(10(2)6-13(9)18)19-16(20)11-4-5-12(17)15(8-11)21-3/h4-8H,18H2,1-3H3,(H,19,20). The zero-order valence-corrected chi connectivity index (χ0v) is 12.2. The Morgan fingerprint density at radius 1 is 1.19 bits per heavy atom. The molecule has 21 heavy (non-hydrogen) atoms. The summed E-state index contributed by atoms with van der Waals surface area (Å²) in [5, 5.41) is 2.79. The van der Waals surface area contributed by atoms with Crippen LogP contribution >= 0.6 is 0 Å². The molecule has 4 nitrogen and oxygen atoms in total. The van der Waals surface area contributed by atoms with Crippen molar-refractivity contribution in [3.63, 3.8) is 0 Å². The van der Waals surface area contributed by atoms with E-state index in [-0.39, 0.29) is 11.7 Å². The van der Waals surface area contributed by atoms with E-state index in [1.54, 1.807) is 6.07 Å². The first kappa shape index (κ1) is 14.8. The van der Waals surface area contributed by atoms with Gasteiger partial charge in [0.05, 0.1) is 7.11 Å². The van der Waals surface area contributed by atoms with Gasteiger partial charge in [-0.3, -0.25) is 4.79 Å². The molecule has 2 aromatic rings. The minimum absolute atomic E-state index is 0.0351. The number of benzene rings is 2. The number of amides is 1. The van der Waals surface area contributed by atoms with Gasteiger partial charge in [-0.05, 0) is 55.3 Å². The largest absolute Gasteiger partial charge is 0.494 e. The van der Waals surface area contributed by atoms with Gasteiger partial charge in [-0.15, -0.1) is 0 Å². The summed E-state index contributed by atoms with van der Waals surface area (Å²) in [5.41, 5.74) is 9.23. The smallest absolute Gasteiger partial charge is 0.255 e. The number of nitrogen functional groups attached to an aromatic ring is 1. The fourth-order valence-corrected chi connectivity index (χ4v) is 1.97. The summed E-state index contributed by atoms with van der Waals surface area (Å²) in [6, 6.07) is 7.59. The van der Waals surface area contributed by atoms with Crippen LogP contribution in [0.4, 0.5) is 15.8 Å². The molecule has 0 aliphatic carbocycles. The van der Waals surface area contributed by atoms with Crippen molar-refractivity contribution in [3.8, 4) is 5.75 Å². The van der Waals surface area contributed by atoms with Gasteiger partial charge < -0.3 is 15.8 Å². The monoisotopic (exact) mass is 288 g/mol. The average Bonchev–Trinajstić information content (AvgIpc) is 2.45. The molecule has 5 heteroatoms. The molecule has 0 aliphatic rings. The highest BCUT2D eigenvalue weighted by Crippen LogP contribution is 2.24. The van der Waals surface area contributed by atoms with Crippen molar-refractivity contribution in [3.05, 3.63) is 52.8 Å². The molecule has 0 spiro atoms. The number of nitrogens with two attached hydrogens (primary N) is 1. The number of halogens is 1. The SMILES string of the molecule is COc1cc(C(=O)Nc2cc(C)c(N)cc2C)ccc1F. The van der Waals surface area contributed by atoms with E-state index in [2.05, 4.69) is 5.32 Å². The summed E-state index contributed by atoms with van der Waals surface area (Å²) in [5.74, 6) is -0.804. The molecule has 2 rings (SSSR count). The van der Waals surface area contributed by atoms with Crippen LogP contribution in [0.25, 0.3) is 0 Å². The van der Waals surface area contributed by atoms with Crippen LogP contribution in [0, 0.1) is 19.7 Å². The van der Waals surface area contributed by atoms with Crippen molar-refractivity contribution in [1.29, 1.82) is 0 Å². The van der Waals surface area contributed by atoms with Gasteiger partial charge in [-0.1, -0.05) is 0 Å². The summed E-state index contributed by atoms with van der Waals surface area (Å²) in [6.07, 6.45) is 0. The Kier molecular flexibility index (Phi) is 4.12. The number of aryl methyl sites for hydroxylation is 2. The molecule has 0 fully saturated rings. The third-order valence-electron chi connectivity index (χ3n) is 3.27. The lowest BCUT2D eigenvalue weighted by atomic mass is 10.1. The Bertz CT molecular complexity index is 699. The van der Waals surface area contributed by atoms with Crippen LogP contribution in [-0.2, 0) is 0 Å². The fourth-order valence-electron chi connectivity index (χ4n) is 1.97. The molecule has 3 N–H and O–H groups in total. The summed E-state index contributed by atoms with van der Waals surface area (Å²) in [7, 11) is 1.35. The number of hydrogen-bond acceptors (Lipinski definition) is 3. The Morgan fingerprint density at radius 2 is 1.90 bits per heavy atom. The van der Waals surface area contributed by atoms with Gasteiger partial charge in [0, 0.05) is 16.9 Å². The van der Waals surface area contributed by atoms with Gasteiger partial charge in [0.25, 0.3) is 5.91 Å². The van der Waals surface area contributed by atoms with Crippen LogP contribution in [-0.4, -0.2) is 13.0 Å². The first-order chi connectivity index (χ1) is 9.92. The third-order valence-corrected chi connectivity index (χ3v) is 3.27. The molecule has 110 valence electrons. The first-order valence-electron chi connectivity index (χ1n) is 6.44. The van der Waals surface area contributed by atoms with E-state index in [1.165, 1.54) is 25.3 Å². The second-order valence-corrected chi connectivity index (χ2v) is 4.83. The van der Waals surface area contributed by atoms with Crippen molar-refractivity contribution in [2.24, 2.45) is 0 Å². The molecule has 0 aliphatic heterocycles. The quantitative estimate of drug-likeness (QED) is 0.852. The number of carbonyl (C=O) groups is 1. The number of methoxy groups -OCH3 is 1. The Balaban J connectivity index is 2.28. The fraction of sp³-hybridized carbons (Fsp3) is 0.188. The molecule has 1 amide bonds. The van der Waals surface area contributed by atoms with Crippen molar-refractivity contribution in [2.45, 2.75) is 13.8 Å². The van der Waals surface area contributed by atoms with E-state index in [4.69, 9.17) is 10.5 Å². The van der Waals surface area contributed by atoms with Gasteiger partial charge in [0.15, 0.2) is 11.6 Å². The summed E-state index contributed by atoms with van der Waals surface area (Å²) >= 11 is 0. The van der Waals surface area contributed by atoms with Crippen molar-refractivity contribution < 1.29 is 13.9 Å². The third kappa shape index (κ3) is 3.13. The number of rotatable bonds is 3. The number of anilines is 2.